The number of carbonyl (C=O) groups is 2. The van der Waals surface area contributed by atoms with Crippen LogP contribution in [0, 0.1) is 13.8 Å². The van der Waals surface area contributed by atoms with Crippen molar-refractivity contribution < 1.29 is 29.3 Å². The Bertz CT molecular complexity index is 970. The molecule has 3 aromatic carbocycles. The first-order chi connectivity index (χ1) is 13.4. The molecule has 0 bridgehead atoms. The molecule has 0 unspecified atom stereocenters. The number of benzene rings is 3. The molecule has 0 aliphatic heterocycles. The first kappa shape index (κ1) is 19.0. The van der Waals surface area contributed by atoms with Crippen molar-refractivity contribution in [3.05, 3.63) is 82.9 Å². The largest absolute Gasteiger partial charge is 0.478 e. The lowest BCUT2D eigenvalue weighted by molar-refractivity contribution is 0.0651. The second-order valence-electron chi connectivity index (χ2n) is 6.19. The van der Waals surface area contributed by atoms with Gasteiger partial charge in [-0.15, -0.1) is 0 Å². The Balaban J connectivity index is 2.15. The third-order valence-electron chi connectivity index (χ3n) is 4.17. The van der Waals surface area contributed by atoms with E-state index in [0.717, 1.165) is 11.1 Å². The summed E-state index contributed by atoms with van der Waals surface area (Å²) in [5.41, 5.74) is 0.911. The molecule has 0 saturated heterocycles. The van der Waals surface area contributed by atoms with Crippen LogP contribution in [-0.4, -0.2) is 22.2 Å². The molecule has 0 aliphatic carbocycles. The molecule has 2 N–H and O–H groups in total. The van der Waals surface area contributed by atoms with Crippen LogP contribution >= 0.6 is 0 Å². The Morgan fingerprint density at radius 1 is 0.643 bits per heavy atom. The van der Waals surface area contributed by atoms with Gasteiger partial charge in [-0.2, -0.15) is 0 Å². The molecule has 0 aliphatic rings. The summed E-state index contributed by atoms with van der Waals surface area (Å²) in [5.74, 6) is -1.49. The number of para-hydroxylation sites is 2. The van der Waals surface area contributed by atoms with Gasteiger partial charge in [0.1, 0.15) is 11.5 Å². The fourth-order valence-electron chi connectivity index (χ4n) is 2.65. The number of ether oxygens (including phenoxy) is 2. The Kier molecular flexibility index (Phi) is 5.31. The molecule has 0 amide bonds. The van der Waals surface area contributed by atoms with Gasteiger partial charge >= 0.3 is 11.9 Å². The van der Waals surface area contributed by atoms with Gasteiger partial charge in [0, 0.05) is 12.1 Å². The molecular weight excluding hydrogens is 360 g/mol. The van der Waals surface area contributed by atoms with Crippen molar-refractivity contribution in [2.45, 2.75) is 13.8 Å². The summed E-state index contributed by atoms with van der Waals surface area (Å²) in [6.45, 7) is 3.70. The number of carboxylic acid groups (broad SMARTS) is 2. The molecular formula is C22H18O6. The normalized spacial score (nSPS) is 10.4. The molecule has 3 rings (SSSR count). The molecule has 0 fully saturated rings. The van der Waals surface area contributed by atoms with Crippen molar-refractivity contribution in [3.8, 4) is 23.0 Å². The minimum Gasteiger partial charge on any atom is -0.478 e. The average molecular weight is 378 g/mol. The fourth-order valence-corrected chi connectivity index (χ4v) is 2.65. The molecule has 3 aromatic rings. The molecule has 142 valence electrons. The average Bonchev–Trinajstić information content (AvgIpc) is 2.66. The summed E-state index contributed by atoms with van der Waals surface area (Å²) >= 11 is 0. The number of carboxylic acids is 2. The van der Waals surface area contributed by atoms with Crippen LogP contribution in [0.2, 0.25) is 0 Å². The number of hydrogen-bond acceptors (Lipinski definition) is 4. The highest BCUT2D eigenvalue weighted by atomic mass is 16.5. The summed E-state index contributed by atoms with van der Waals surface area (Å²) < 4.78 is 11.8. The van der Waals surface area contributed by atoms with Crippen LogP contribution in [-0.2, 0) is 0 Å². The zero-order chi connectivity index (χ0) is 20.3. The third kappa shape index (κ3) is 3.96. The lowest BCUT2D eigenvalue weighted by Gasteiger charge is -2.16. The van der Waals surface area contributed by atoms with E-state index in [4.69, 9.17) is 9.47 Å². The van der Waals surface area contributed by atoms with Crippen molar-refractivity contribution in [2.75, 3.05) is 0 Å². The van der Waals surface area contributed by atoms with Crippen molar-refractivity contribution in [1.29, 1.82) is 0 Å². The fraction of sp³-hybridized carbons (Fsp3) is 0.0909. The van der Waals surface area contributed by atoms with Crippen LogP contribution in [0.3, 0.4) is 0 Å². The van der Waals surface area contributed by atoms with Crippen LogP contribution in [0.1, 0.15) is 31.8 Å². The first-order valence-electron chi connectivity index (χ1n) is 8.48. The van der Waals surface area contributed by atoms with E-state index >= 15 is 0 Å². The zero-order valence-corrected chi connectivity index (χ0v) is 15.3. The summed E-state index contributed by atoms with van der Waals surface area (Å²) in [4.78, 5) is 23.1. The summed E-state index contributed by atoms with van der Waals surface area (Å²) in [6.07, 6.45) is 0. The minimum absolute atomic E-state index is 0.111. The molecule has 0 atom stereocenters. The van der Waals surface area contributed by atoms with Gasteiger partial charge in [-0.1, -0.05) is 36.4 Å². The monoisotopic (exact) mass is 378 g/mol. The SMILES string of the molecule is Cc1ccccc1Oc1cc(C(=O)O)c(C(=O)O)cc1Oc1ccccc1C. The van der Waals surface area contributed by atoms with Crippen molar-refractivity contribution >= 4 is 11.9 Å². The maximum atomic E-state index is 11.6. The highest BCUT2D eigenvalue weighted by molar-refractivity contribution is 6.02. The van der Waals surface area contributed by atoms with E-state index in [1.165, 1.54) is 12.1 Å². The maximum Gasteiger partial charge on any atom is 0.336 e. The third-order valence-corrected chi connectivity index (χ3v) is 4.17. The van der Waals surface area contributed by atoms with Gasteiger partial charge in [0.25, 0.3) is 0 Å². The van der Waals surface area contributed by atoms with Crippen LogP contribution in [0.5, 0.6) is 23.0 Å². The van der Waals surface area contributed by atoms with E-state index in [1.807, 2.05) is 38.1 Å². The number of rotatable bonds is 6. The van der Waals surface area contributed by atoms with E-state index < -0.39 is 11.9 Å². The lowest BCUT2D eigenvalue weighted by Crippen LogP contribution is -2.09. The van der Waals surface area contributed by atoms with Crippen molar-refractivity contribution in [3.63, 3.8) is 0 Å². The topological polar surface area (TPSA) is 93.1 Å². The smallest absolute Gasteiger partial charge is 0.336 e. The van der Waals surface area contributed by atoms with Crippen LogP contribution in [0.4, 0.5) is 0 Å². The zero-order valence-electron chi connectivity index (χ0n) is 15.3. The molecule has 28 heavy (non-hydrogen) atoms. The Morgan fingerprint density at radius 3 is 1.32 bits per heavy atom. The summed E-state index contributed by atoms with van der Waals surface area (Å²) in [6, 6.07) is 16.8. The number of hydrogen-bond donors (Lipinski definition) is 2. The van der Waals surface area contributed by atoms with E-state index in [1.54, 1.807) is 24.3 Å². The number of aromatic carboxylic acids is 2. The predicted octanol–water partition coefficient (Wildman–Crippen LogP) is 5.28. The first-order valence-corrected chi connectivity index (χ1v) is 8.48. The highest BCUT2D eigenvalue weighted by Gasteiger charge is 2.22. The van der Waals surface area contributed by atoms with Crippen molar-refractivity contribution in [1.82, 2.24) is 0 Å². The number of aryl methyl sites for hydroxylation is 2. The highest BCUT2D eigenvalue weighted by Crippen LogP contribution is 2.39. The van der Waals surface area contributed by atoms with Crippen LogP contribution < -0.4 is 9.47 Å². The van der Waals surface area contributed by atoms with Gasteiger partial charge in [-0.05, 0) is 37.1 Å². The summed E-state index contributed by atoms with van der Waals surface area (Å²) in [5, 5.41) is 18.8. The van der Waals surface area contributed by atoms with Gasteiger partial charge < -0.3 is 19.7 Å². The standard InChI is InChI=1S/C22H18O6/c1-13-7-3-5-9-17(13)27-19-11-15(21(23)24)16(22(25)26)12-20(19)28-18-10-6-4-8-14(18)2/h3-12H,1-2H3,(H,23,24)(H,25,26). The Labute approximate surface area is 161 Å². The molecule has 0 aromatic heterocycles. The van der Waals surface area contributed by atoms with E-state index in [2.05, 4.69) is 0 Å². The molecule has 6 heteroatoms. The van der Waals surface area contributed by atoms with Gasteiger partial charge in [0.2, 0.25) is 0 Å². The molecule has 0 radical (unpaired) electrons. The second-order valence-corrected chi connectivity index (χ2v) is 6.19. The maximum absolute atomic E-state index is 11.6. The Hall–Kier alpha value is -3.80. The van der Waals surface area contributed by atoms with Crippen LogP contribution in [0.15, 0.2) is 60.7 Å². The van der Waals surface area contributed by atoms with Gasteiger partial charge in [-0.25, -0.2) is 9.59 Å². The van der Waals surface area contributed by atoms with Crippen LogP contribution in [0.25, 0.3) is 0 Å². The minimum atomic E-state index is -1.37. The molecule has 6 nitrogen and oxygen atoms in total. The van der Waals surface area contributed by atoms with E-state index in [-0.39, 0.29) is 22.6 Å². The van der Waals surface area contributed by atoms with E-state index in [0.29, 0.717) is 11.5 Å². The quantitative estimate of drug-likeness (QED) is 0.606. The molecule has 0 spiro atoms. The molecule has 0 heterocycles. The van der Waals surface area contributed by atoms with Gasteiger partial charge in [-0.3, -0.25) is 0 Å². The molecule has 0 saturated carbocycles. The van der Waals surface area contributed by atoms with Gasteiger partial charge in [0.05, 0.1) is 11.1 Å². The second kappa shape index (κ2) is 7.84. The lowest BCUT2D eigenvalue weighted by atomic mass is 10.1. The van der Waals surface area contributed by atoms with E-state index in [9.17, 15) is 19.8 Å². The summed E-state index contributed by atoms with van der Waals surface area (Å²) in [7, 11) is 0. The van der Waals surface area contributed by atoms with Crippen molar-refractivity contribution in [2.24, 2.45) is 0 Å². The van der Waals surface area contributed by atoms with Gasteiger partial charge in [0.15, 0.2) is 11.5 Å². The Morgan fingerprint density at radius 2 is 1.00 bits per heavy atom. The predicted molar refractivity (Wildman–Crippen MR) is 103 cm³/mol.